The number of amides is 2. The van der Waals surface area contributed by atoms with Gasteiger partial charge >= 0.3 is 12.2 Å². The minimum atomic E-state index is -4.62. The number of aromatic hydroxyl groups is 1. The van der Waals surface area contributed by atoms with Crippen molar-refractivity contribution in [3.05, 3.63) is 53.6 Å². The van der Waals surface area contributed by atoms with Crippen molar-refractivity contribution in [3.8, 4) is 5.75 Å². The average Bonchev–Trinajstić information content (AvgIpc) is 2.57. The second kappa shape index (κ2) is 6.83. The van der Waals surface area contributed by atoms with Gasteiger partial charge in [0, 0.05) is 5.75 Å². The molecule has 0 radical (unpaired) electrons. The first-order chi connectivity index (χ1) is 12.3. The molecular weight excluding hydrogens is 369 g/mol. The largest absolute Gasteiger partial charge is 0.505 e. The van der Waals surface area contributed by atoms with E-state index in [4.69, 9.17) is 0 Å². The number of nitrogens with one attached hydrogen (secondary N) is 2. The number of carbonyl (C=O) groups is 1. The number of phenolic OH excluding ortho intramolecular Hbond substituents is 1. The smallest absolute Gasteiger partial charge is 0.418 e. The Balaban J connectivity index is 1.83. The van der Waals surface area contributed by atoms with Gasteiger partial charge in [0.05, 0.1) is 32.6 Å². The molecule has 1 aliphatic rings. The molecule has 5 nitrogen and oxygen atoms in total. The van der Waals surface area contributed by atoms with Crippen LogP contribution in [-0.4, -0.2) is 21.1 Å². The third kappa shape index (κ3) is 3.57. The summed E-state index contributed by atoms with van der Waals surface area (Å²) in [5.41, 5.74) is -0.896. The Morgan fingerprint density at radius 3 is 2.50 bits per heavy atom. The number of anilines is 2. The lowest BCUT2D eigenvalue weighted by molar-refractivity contribution is -0.136. The van der Waals surface area contributed by atoms with Gasteiger partial charge in [-0.15, -0.1) is 0 Å². The van der Waals surface area contributed by atoms with E-state index in [-0.39, 0.29) is 22.1 Å². The molecule has 0 spiro atoms. The summed E-state index contributed by atoms with van der Waals surface area (Å²) in [4.78, 5) is 12.3. The molecule has 0 saturated heterocycles. The van der Waals surface area contributed by atoms with Crippen molar-refractivity contribution in [1.29, 1.82) is 0 Å². The van der Waals surface area contributed by atoms with Gasteiger partial charge in [0.1, 0.15) is 0 Å². The maximum absolute atomic E-state index is 13.0. The number of rotatable bonds is 2. The zero-order valence-electron chi connectivity index (χ0n) is 13.1. The van der Waals surface area contributed by atoms with E-state index < -0.39 is 34.3 Å². The maximum Gasteiger partial charge on any atom is 0.418 e. The van der Waals surface area contributed by atoms with Gasteiger partial charge in [0.15, 0.2) is 5.75 Å². The molecule has 9 heteroatoms. The summed E-state index contributed by atoms with van der Waals surface area (Å²) < 4.78 is 50.9. The number of alkyl halides is 3. The highest BCUT2D eigenvalue weighted by Gasteiger charge is 2.33. The third-order valence-electron chi connectivity index (χ3n) is 3.66. The van der Waals surface area contributed by atoms with Crippen LogP contribution >= 0.6 is 0 Å². The summed E-state index contributed by atoms with van der Waals surface area (Å²) in [7, 11) is -1.46. The highest BCUT2D eigenvalue weighted by molar-refractivity contribution is 7.85. The molecule has 1 atom stereocenters. The summed E-state index contributed by atoms with van der Waals surface area (Å²) in [6.45, 7) is 0. The number of phenols is 1. The SMILES string of the molecule is O=C(Nc1ccccc1C(F)(F)F)Nc1ccc2c(c1O)S(=O)CC=C2. The second-order valence-electron chi connectivity index (χ2n) is 5.42. The summed E-state index contributed by atoms with van der Waals surface area (Å²) in [6.07, 6.45) is -1.23. The van der Waals surface area contributed by atoms with Gasteiger partial charge in [0.25, 0.3) is 0 Å². The lowest BCUT2D eigenvalue weighted by Crippen LogP contribution is -2.22. The number of halogens is 3. The molecule has 0 fully saturated rings. The minimum Gasteiger partial charge on any atom is -0.505 e. The Bertz CT molecular complexity index is 926. The van der Waals surface area contributed by atoms with Gasteiger partial charge < -0.3 is 15.7 Å². The standard InChI is InChI=1S/C17H13F3N2O3S/c18-17(19,20)11-5-1-2-6-12(11)21-16(24)22-13-8-7-10-4-3-9-26(25)15(10)14(13)23/h1-8,23H,9H2,(H2,21,22,24). The number of fused-ring (bicyclic) bond motifs is 1. The molecule has 3 N–H and O–H groups in total. The van der Waals surface area contributed by atoms with Crippen LogP contribution in [0.25, 0.3) is 6.08 Å². The van der Waals surface area contributed by atoms with Crippen LogP contribution in [0.15, 0.2) is 47.4 Å². The predicted octanol–water partition coefficient (Wildman–Crippen LogP) is 4.19. The Morgan fingerprint density at radius 2 is 1.77 bits per heavy atom. The first-order valence-corrected chi connectivity index (χ1v) is 8.74. The second-order valence-corrected chi connectivity index (χ2v) is 6.85. The number of hydrogen-bond acceptors (Lipinski definition) is 3. The maximum atomic E-state index is 13.0. The van der Waals surface area contributed by atoms with Gasteiger partial charge in [-0.05, 0) is 23.8 Å². The normalized spacial score (nSPS) is 16.0. The lowest BCUT2D eigenvalue weighted by atomic mass is 10.1. The lowest BCUT2D eigenvalue weighted by Gasteiger charge is -2.17. The number of carbonyl (C=O) groups excluding carboxylic acids is 1. The van der Waals surface area contributed by atoms with Crippen LogP contribution in [0.3, 0.4) is 0 Å². The summed E-state index contributed by atoms with van der Waals surface area (Å²) in [5, 5.41) is 14.6. The van der Waals surface area contributed by atoms with Crippen molar-refractivity contribution in [2.45, 2.75) is 11.1 Å². The molecule has 1 unspecified atom stereocenters. The van der Waals surface area contributed by atoms with Gasteiger partial charge in [-0.25, -0.2) is 4.79 Å². The van der Waals surface area contributed by atoms with E-state index in [1.807, 2.05) is 0 Å². The van der Waals surface area contributed by atoms with Crippen molar-refractivity contribution in [2.24, 2.45) is 0 Å². The molecule has 1 heterocycles. The predicted molar refractivity (Wildman–Crippen MR) is 92.5 cm³/mol. The average molecular weight is 382 g/mol. The minimum absolute atomic E-state index is 0.0469. The molecule has 2 aromatic rings. The van der Waals surface area contributed by atoms with E-state index in [1.54, 1.807) is 18.2 Å². The number of para-hydroxylation sites is 1. The van der Waals surface area contributed by atoms with Crippen molar-refractivity contribution >= 4 is 34.3 Å². The van der Waals surface area contributed by atoms with Crippen molar-refractivity contribution < 1.29 is 27.3 Å². The Morgan fingerprint density at radius 1 is 1.08 bits per heavy atom. The van der Waals surface area contributed by atoms with E-state index >= 15 is 0 Å². The van der Waals surface area contributed by atoms with Crippen LogP contribution in [0.2, 0.25) is 0 Å². The van der Waals surface area contributed by atoms with E-state index in [0.29, 0.717) is 5.56 Å². The molecule has 0 bridgehead atoms. The fourth-order valence-electron chi connectivity index (χ4n) is 2.52. The Kier molecular flexibility index (Phi) is 4.73. The van der Waals surface area contributed by atoms with E-state index in [0.717, 1.165) is 12.1 Å². The van der Waals surface area contributed by atoms with Crippen LogP contribution in [0.1, 0.15) is 11.1 Å². The van der Waals surface area contributed by atoms with Crippen LogP contribution in [0.5, 0.6) is 5.75 Å². The highest BCUT2D eigenvalue weighted by Crippen LogP contribution is 2.37. The number of benzene rings is 2. The molecule has 3 rings (SSSR count). The van der Waals surface area contributed by atoms with Crippen LogP contribution < -0.4 is 10.6 Å². The van der Waals surface area contributed by atoms with Gasteiger partial charge in [-0.1, -0.05) is 30.4 Å². The van der Waals surface area contributed by atoms with Crippen molar-refractivity contribution in [3.63, 3.8) is 0 Å². The van der Waals surface area contributed by atoms with Crippen LogP contribution in [0.4, 0.5) is 29.3 Å². The molecule has 1 aliphatic heterocycles. The van der Waals surface area contributed by atoms with Gasteiger partial charge in [-0.2, -0.15) is 13.2 Å². The van der Waals surface area contributed by atoms with E-state index in [2.05, 4.69) is 10.6 Å². The van der Waals surface area contributed by atoms with Crippen LogP contribution in [0, 0.1) is 0 Å². The quantitative estimate of drug-likeness (QED) is 0.682. The van der Waals surface area contributed by atoms with Gasteiger partial charge in [-0.3, -0.25) is 4.21 Å². The van der Waals surface area contributed by atoms with Gasteiger partial charge in [0.2, 0.25) is 0 Å². The molecule has 2 amide bonds. The number of urea groups is 1. The molecule has 136 valence electrons. The molecular formula is C17H13F3N2O3S. The monoisotopic (exact) mass is 382 g/mol. The first-order valence-electron chi connectivity index (χ1n) is 7.42. The zero-order chi connectivity index (χ0) is 18.9. The van der Waals surface area contributed by atoms with Crippen LogP contribution in [-0.2, 0) is 17.0 Å². The third-order valence-corrected chi connectivity index (χ3v) is 5.04. The van der Waals surface area contributed by atoms with Crippen molar-refractivity contribution in [2.75, 3.05) is 16.4 Å². The van der Waals surface area contributed by atoms with E-state index in [9.17, 15) is 27.3 Å². The highest BCUT2D eigenvalue weighted by atomic mass is 32.2. The fraction of sp³-hybridized carbons (Fsp3) is 0.118. The Labute approximate surface area is 149 Å². The number of hydrogen-bond donors (Lipinski definition) is 3. The molecule has 0 aliphatic carbocycles. The first kappa shape index (κ1) is 18.0. The molecule has 0 aromatic heterocycles. The topological polar surface area (TPSA) is 78.4 Å². The summed E-state index contributed by atoms with van der Waals surface area (Å²) in [6, 6.07) is 6.52. The fourth-order valence-corrected chi connectivity index (χ4v) is 3.68. The summed E-state index contributed by atoms with van der Waals surface area (Å²) >= 11 is 0. The van der Waals surface area contributed by atoms with E-state index in [1.165, 1.54) is 18.2 Å². The molecule has 0 saturated carbocycles. The van der Waals surface area contributed by atoms with Crippen molar-refractivity contribution in [1.82, 2.24) is 0 Å². The zero-order valence-corrected chi connectivity index (χ0v) is 13.9. The molecule has 26 heavy (non-hydrogen) atoms. The molecule has 2 aromatic carbocycles. The Hall–Kier alpha value is -2.81. The summed E-state index contributed by atoms with van der Waals surface area (Å²) in [5.74, 6) is -0.140.